The number of piperazine rings is 1. The SMILES string of the molecule is Cn1cnc2c(N3CCN(c4ccc(-n5cccn5)nn4)CC3)ncnc21. The van der Waals surface area contributed by atoms with Gasteiger partial charge < -0.3 is 14.4 Å². The number of nitrogens with zero attached hydrogens (tertiary/aromatic N) is 10. The normalized spacial score (nSPS) is 14.9. The maximum absolute atomic E-state index is 4.46. The van der Waals surface area contributed by atoms with Gasteiger partial charge in [-0.05, 0) is 18.2 Å². The number of imidazole rings is 1. The molecule has 0 N–H and O–H groups in total. The zero-order valence-electron chi connectivity index (χ0n) is 14.8. The molecule has 136 valence electrons. The summed E-state index contributed by atoms with van der Waals surface area (Å²) in [6.45, 7) is 3.36. The Morgan fingerprint density at radius 1 is 0.889 bits per heavy atom. The second-order valence-electron chi connectivity index (χ2n) is 6.40. The van der Waals surface area contributed by atoms with E-state index in [0.717, 1.165) is 49.0 Å². The van der Waals surface area contributed by atoms with Crippen LogP contribution in [0.25, 0.3) is 17.0 Å². The third-order valence-corrected chi connectivity index (χ3v) is 4.76. The van der Waals surface area contributed by atoms with E-state index in [1.165, 1.54) is 0 Å². The molecule has 0 atom stereocenters. The first-order valence-electron chi connectivity index (χ1n) is 8.75. The van der Waals surface area contributed by atoms with E-state index in [0.29, 0.717) is 5.82 Å². The molecule has 27 heavy (non-hydrogen) atoms. The molecule has 1 aliphatic heterocycles. The van der Waals surface area contributed by atoms with Crippen molar-refractivity contribution in [1.82, 2.24) is 39.5 Å². The fourth-order valence-electron chi connectivity index (χ4n) is 3.33. The molecule has 5 rings (SSSR count). The highest BCUT2D eigenvalue weighted by Crippen LogP contribution is 2.23. The van der Waals surface area contributed by atoms with Crippen LogP contribution in [-0.4, -0.2) is 65.7 Å². The second kappa shape index (κ2) is 6.31. The lowest BCUT2D eigenvalue weighted by Gasteiger charge is -2.35. The van der Waals surface area contributed by atoms with Crippen molar-refractivity contribution in [2.75, 3.05) is 36.0 Å². The number of hydrogen-bond acceptors (Lipinski definition) is 8. The van der Waals surface area contributed by atoms with Crippen LogP contribution in [-0.2, 0) is 7.05 Å². The Kier molecular flexibility index (Phi) is 3.66. The van der Waals surface area contributed by atoms with Crippen LogP contribution in [0.15, 0.2) is 43.2 Å². The summed E-state index contributed by atoms with van der Waals surface area (Å²) in [5.74, 6) is 2.47. The van der Waals surface area contributed by atoms with Gasteiger partial charge in [-0.3, -0.25) is 0 Å². The third kappa shape index (κ3) is 2.75. The molecule has 4 aromatic heterocycles. The average Bonchev–Trinajstić information content (AvgIpc) is 3.39. The van der Waals surface area contributed by atoms with Gasteiger partial charge in [-0.25, -0.2) is 19.6 Å². The quantitative estimate of drug-likeness (QED) is 0.525. The Balaban J connectivity index is 1.31. The predicted molar refractivity (Wildman–Crippen MR) is 99.9 cm³/mol. The smallest absolute Gasteiger partial charge is 0.175 e. The minimum atomic E-state index is 0.709. The zero-order valence-corrected chi connectivity index (χ0v) is 14.8. The lowest BCUT2D eigenvalue weighted by Crippen LogP contribution is -2.47. The summed E-state index contributed by atoms with van der Waals surface area (Å²) in [5.41, 5.74) is 1.69. The van der Waals surface area contributed by atoms with E-state index in [1.807, 2.05) is 36.0 Å². The van der Waals surface area contributed by atoms with Crippen molar-refractivity contribution < 1.29 is 0 Å². The molecule has 0 saturated carbocycles. The van der Waals surface area contributed by atoms with Crippen LogP contribution in [0, 0.1) is 0 Å². The molecule has 0 unspecified atom stereocenters. The first-order valence-corrected chi connectivity index (χ1v) is 8.75. The summed E-state index contributed by atoms with van der Waals surface area (Å²) in [6, 6.07) is 5.78. The lowest BCUT2D eigenvalue weighted by atomic mass is 10.3. The van der Waals surface area contributed by atoms with E-state index in [-0.39, 0.29) is 0 Å². The van der Waals surface area contributed by atoms with Gasteiger partial charge in [-0.15, -0.1) is 10.2 Å². The molecule has 0 radical (unpaired) electrons. The fraction of sp³-hybridized carbons (Fsp3) is 0.294. The van der Waals surface area contributed by atoms with Crippen LogP contribution >= 0.6 is 0 Å². The molecule has 0 bridgehead atoms. The summed E-state index contributed by atoms with van der Waals surface area (Å²) >= 11 is 0. The molecular weight excluding hydrogens is 344 g/mol. The van der Waals surface area contributed by atoms with E-state index in [1.54, 1.807) is 23.5 Å². The molecule has 5 heterocycles. The number of hydrogen-bond donors (Lipinski definition) is 0. The van der Waals surface area contributed by atoms with Gasteiger partial charge in [0.2, 0.25) is 0 Å². The molecule has 0 amide bonds. The van der Waals surface area contributed by atoms with Crippen LogP contribution in [0.5, 0.6) is 0 Å². The molecule has 0 aliphatic carbocycles. The van der Waals surface area contributed by atoms with Crippen LogP contribution < -0.4 is 9.80 Å². The number of fused-ring (bicyclic) bond motifs is 1. The monoisotopic (exact) mass is 362 g/mol. The fourth-order valence-corrected chi connectivity index (χ4v) is 3.33. The highest BCUT2D eigenvalue weighted by molar-refractivity contribution is 5.83. The number of aryl methyl sites for hydroxylation is 1. The number of aromatic nitrogens is 8. The highest BCUT2D eigenvalue weighted by Gasteiger charge is 2.22. The Labute approximate surface area is 155 Å². The van der Waals surface area contributed by atoms with Crippen molar-refractivity contribution in [2.24, 2.45) is 7.05 Å². The summed E-state index contributed by atoms with van der Waals surface area (Å²) in [7, 11) is 1.94. The first-order chi connectivity index (χ1) is 13.3. The van der Waals surface area contributed by atoms with Crippen LogP contribution in [0.3, 0.4) is 0 Å². The van der Waals surface area contributed by atoms with E-state index in [4.69, 9.17) is 0 Å². The van der Waals surface area contributed by atoms with Crippen molar-refractivity contribution in [3.63, 3.8) is 0 Å². The van der Waals surface area contributed by atoms with Crippen molar-refractivity contribution >= 4 is 22.8 Å². The average molecular weight is 362 g/mol. The molecule has 1 saturated heterocycles. The van der Waals surface area contributed by atoms with E-state index in [2.05, 4.69) is 40.0 Å². The largest absolute Gasteiger partial charge is 0.352 e. The van der Waals surface area contributed by atoms with Crippen LogP contribution in [0.4, 0.5) is 11.6 Å². The van der Waals surface area contributed by atoms with Crippen molar-refractivity contribution in [2.45, 2.75) is 0 Å². The minimum absolute atomic E-state index is 0.709. The Bertz CT molecular complexity index is 1050. The minimum Gasteiger partial charge on any atom is -0.352 e. The lowest BCUT2D eigenvalue weighted by molar-refractivity contribution is 0.637. The van der Waals surface area contributed by atoms with E-state index >= 15 is 0 Å². The third-order valence-electron chi connectivity index (χ3n) is 4.76. The highest BCUT2D eigenvalue weighted by atomic mass is 15.4. The van der Waals surface area contributed by atoms with E-state index < -0.39 is 0 Å². The van der Waals surface area contributed by atoms with Crippen molar-refractivity contribution in [3.05, 3.63) is 43.2 Å². The molecule has 1 fully saturated rings. The maximum Gasteiger partial charge on any atom is 0.175 e. The van der Waals surface area contributed by atoms with E-state index in [9.17, 15) is 0 Å². The molecule has 10 nitrogen and oxygen atoms in total. The van der Waals surface area contributed by atoms with Gasteiger partial charge in [-0.2, -0.15) is 5.10 Å². The van der Waals surface area contributed by atoms with Crippen molar-refractivity contribution in [1.29, 1.82) is 0 Å². The molecule has 0 spiro atoms. The number of rotatable bonds is 3. The summed E-state index contributed by atoms with van der Waals surface area (Å²) < 4.78 is 3.61. The van der Waals surface area contributed by atoms with Gasteiger partial charge >= 0.3 is 0 Å². The summed E-state index contributed by atoms with van der Waals surface area (Å²) in [5, 5.41) is 12.8. The van der Waals surface area contributed by atoms with Gasteiger partial charge in [0.05, 0.1) is 6.33 Å². The van der Waals surface area contributed by atoms with Crippen molar-refractivity contribution in [3.8, 4) is 5.82 Å². The van der Waals surface area contributed by atoms with Crippen LogP contribution in [0.2, 0.25) is 0 Å². The second-order valence-corrected chi connectivity index (χ2v) is 6.40. The van der Waals surface area contributed by atoms with Gasteiger partial charge in [0, 0.05) is 45.6 Å². The van der Waals surface area contributed by atoms with Crippen LogP contribution in [0.1, 0.15) is 0 Å². The zero-order chi connectivity index (χ0) is 18.2. The molecule has 0 aromatic carbocycles. The maximum atomic E-state index is 4.46. The Morgan fingerprint density at radius 3 is 2.41 bits per heavy atom. The van der Waals surface area contributed by atoms with Gasteiger partial charge in [0.15, 0.2) is 28.6 Å². The first kappa shape index (κ1) is 15.7. The van der Waals surface area contributed by atoms with Gasteiger partial charge in [-0.1, -0.05) is 0 Å². The number of anilines is 2. The molecule has 1 aliphatic rings. The van der Waals surface area contributed by atoms with Gasteiger partial charge in [0.1, 0.15) is 6.33 Å². The Morgan fingerprint density at radius 2 is 1.67 bits per heavy atom. The molecule has 4 aromatic rings. The Hall–Kier alpha value is -3.56. The van der Waals surface area contributed by atoms with Gasteiger partial charge in [0.25, 0.3) is 0 Å². The topological polar surface area (TPSA) is 93.7 Å². The summed E-state index contributed by atoms with van der Waals surface area (Å²) in [6.07, 6.45) is 6.95. The summed E-state index contributed by atoms with van der Waals surface area (Å²) in [4.78, 5) is 17.7. The molecule has 10 heteroatoms. The molecular formula is C17H18N10. The standard InChI is InChI=1S/C17H18N10/c1-24-12-20-15-16(24)18-11-19-17(15)26-9-7-25(8-10-26)13-3-4-14(23-22-13)27-6-2-5-21-27/h2-6,11-12H,7-10H2,1H3. The predicted octanol–water partition coefficient (Wildman–Crippen LogP) is 0.666.